The van der Waals surface area contributed by atoms with Crippen LogP contribution >= 0.6 is 4.90 Å². The number of alkyl halides is 1. The second-order valence-corrected chi connectivity index (χ2v) is 23.7. The van der Waals surface area contributed by atoms with Gasteiger partial charge < -0.3 is 9.84 Å². The number of ether oxygens (including phenoxy) is 2. The first-order valence-corrected chi connectivity index (χ1v) is 23.4. The Morgan fingerprint density at radius 1 is 0.511 bits per heavy atom. The van der Waals surface area contributed by atoms with E-state index in [1.807, 2.05) is 0 Å². The summed E-state index contributed by atoms with van der Waals surface area (Å²) in [7, 11) is 0. The van der Waals surface area contributed by atoms with Crippen LogP contribution in [0.25, 0.3) is 0 Å². The quantitative estimate of drug-likeness (QED) is 0.188. The summed E-state index contributed by atoms with van der Waals surface area (Å²) in [5, 5.41) is 13.7. The molecule has 248 valence electrons. The van der Waals surface area contributed by atoms with Gasteiger partial charge in [0.15, 0.2) is 0 Å². The monoisotopic (exact) mass is 744 g/mol. The molecule has 45 heavy (non-hydrogen) atoms. The molecule has 2 heterocycles. The summed E-state index contributed by atoms with van der Waals surface area (Å²) in [5.74, 6) is 3.69. The topological polar surface area (TPSA) is 38.7 Å². The Hall–Kier alpha value is -1.30. The van der Waals surface area contributed by atoms with E-state index in [0.717, 1.165) is 12.8 Å². The van der Waals surface area contributed by atoms with Gasteiger partial charge in [-0.2, -0.15) is 0 Å². The molecule has 2 fully saturated rings. The van der Waals surface area contributed by atoms with Crippen molar-refractivity contribution < 1.29 is 35.2 Å². The fraction of sp³-hybridized carbons (Fsp3) is 0.550. The molecule has 0 amide bonds. The molecule has 1 N–H and O–H groups in total. The van der Waals surface area contributed by atoms with Crippen LogP contribution in [0.2, 0.25) is 0 Å². The average Bonchev–Trinajstić information content (AvgIpc) is 3.09. The molecular weight excluding hydrogens is 686 g/mol. The van der Waals surface area contributed by atoms with Gasteiger partial charge in [-0.3, -0.25) is 0 Å². The molecule has 0 aliphatic carbocycles. The second-order valence-electron chi connectivity index (χ2n) is 13.4. The van der Waals surface area contributed by atoms with Gasteiger partial charge in [0, 0.05) is 0 Å². The molecular formula is C40H58IO3P. The number of aliphatic hydroxyl groups is 1. The van der Waals surface area contributed by atoms with Crippen molar-refractivity contribution in [3.8, 4) is 0 Å². The first kappa shape index (κ1) is 36.5. The van der Waals surface area contributed by atoms with Gasteiger partial charge in [-0.05, 0) is 24.2 Å². The third kappa shape index (κ3) is 8.23. The zero-order chi connectivity index (χ0) is 32.6. The normalized spacial score (nSPS) is 32.0. The van der Waals surface area contributed by atoms with E-state index < -0.39 is 4.90 Å². The van der Waals surface area contributed by atoms with Crippen LogP contribution in [-0.2, 0) is 9.47 Å². The summed E-state index contributed by atoms with van der Waals surface area (Å²) < 4.78 is 13.8. The summed E-state index contributed by atoms with van der Waals surface area (Å²) >= 11 is -0.189. The third-order valence-corrected chi connectivity index (χ3v) is 24.7. The molecule has 2 saturated heterocycles. The third-order valence-electron chi connectivity index (χ3n) is 11.1. The van der Waals surface area contributed by atoms with Gasteiger partial charge in [-0.15, -0.1) is 0 Å². The standard InChI is InChI=1S/C29H36IOP.C11H22O2/c1-5-28-23(3)22(2)24(4)29(31-28)21-30-32(25-15-9-6-10-16-25,26-17-11-7-12-18-26)27-19-13-8-14-20-27;1-5-10-8(3)7(2)9(4)11(6-12)13-10/h6-20,22-24,28-29H,5,21H2,1-4H3;7-12H,5-6H2,1-4H3/t22?,23-,24?,28?,29-;7?,8-,9?,10?,11-/m11/s1. The van der Waals surface area contributed by atoms with Gasteiger partial charge in [0.2, 0.25) is 0 Å². The SMILES string of the molecule is CCC1O[C@H](CO)C(C)C(C)[C@H]1C.CCC1O[C@H](C[I-][P+](c2ccccc2)(c2ccccc2)c2ccccc2)C(C)C(C)[C@H]1C. The van der Waals surface area contributed by atoms with Crippen molar-refractivity contribution in [2.45, 2.75) is 92.6 Å². The molecule has 0 spiro atoms. The number of hydrogen-bond donors (Lipinski definition) is 1. The number of halogens is 1. The number of benzene rings is 3. The fourth-order valence-corrected chi connectivity index (χ4v) is 21.1. The summed E-state index contributed by atoms with van der Waals surface area (Å²) in [6.07, 6.45) is 3.32. The molecule has 6 unspecified atom stereocenters. The van der Waals surface area contributed by atoms with Crippen LogP contribution in [0.15, 0.2) is 91.0 Å². The van der Waals surface area contributed by atoms with Crippen LogP contribution in [0.5, 0.6) is 0 Å². The van der Waals surface area contributed by atoms with E-state index in [4.69, 9.17) is 14.6 Å². The van der Waals surface area contributed by atoms with Crippen LogP contribution < -0.4 is 36.6 Å². The molecule has 10 atom stereocenters. The Kier molecular flexibility index (Phi) is 14.0. The van der Waals surface area contributed by atoms with Crippen molar-refractivity contribution in [2.24, 2.45) is 35.5 Å². The van der Waals surface area contributed by atoms with E-state index in [-0.39, 0.29) is 33.4 Å². The van der Waals surface area contributed by atoms with E-state index in [1.54, 1.807) is 0 Å². The zero-order valence-electron chi connectivity index (χ0n) is 28.9. The van der Waals surface area contributed by atoms with Crippen molar-refractivity contribution >= 4 is 20.8 Å². The van der Waals surface area contributed by atoms with Crippen molar-refractivity contribution in [3.05, 3.63) is 91.0 Å². The van der Waals surface area contributed by atoms with E-state index in [2.05, 4.69) is 146 Å². The summed E-state index contributed by atoms with van der Waals surface area (Å²) in [6, 6.07) is 34.0. The Morgan fingerprint density at radius 2 is 0.844 bits per heavy atom. The number of rotatable bonds is 9. The predicted octanol–water partition coefficient (Wildman–Crippen LogP) is 5.13. The summed E-state index contributed by atoms with van der Waals surface area (Å²) in [6.45, 7) is 18.5. The van der Waals surface area contributed by atoms with Crippen molar-refractivity contribution in [3.63, 3.8) is 0 Å². The zero-order valence-corrected chi connectivity index (χ0v) is 31.9. The van der Waals surface area contributed by atoms with Crippen LogP contribution in [0, 0.1) is 35.5 Å². The van der Waals surface area contributed by atoms with Gasteiger partial charge >= 0.3 is 206 Å². The molecule has 2 aliphatic rings. The van der Waals surface area contributed by atoms with Gasteiger partial charge in [0.05, 0.1) is 18.8 Å². The van der Waals surface area contributed by atoms with Crippen molar-refractivity contribution in [1.82, 2.24) is 0 Å². The Morgan fingerprint density at radius 3 is 1.20 bits per heavy atom. The van der Waals surface area contributed by atoms with Crippen molar-refractivity contribution in [2.75, 3.05) is 11.0 Å². The molecule has 3 aromatic rings. The fourth-order valence-electron chi connectivity index (χ4n) is 7.30. The van der Waals surface area contributed by atoms with E-state index in [1.165, 1.54) is 20.3 Å². The van der Waals surface area contributed by atoms with Crippen molar-refractivity contribution in [1.29, 1.82) is 0 Å². The Balaban J connectivity index is 0.000000297. The molecule has 3 nitrogen and oxygen atoms in total. The Labute approximate surface area is 284 Å². The van der Waals surface area contributed by atoms with E-state index in [9.17, 15) is 0 Å². The number of hydrogen-bond acceptors (Lipinski definition) is 3. The molecule has 0 saturated carbocycles. The molecule has 3 aromatic carbocycles. The average molecular weight is 745 g/mol. The van der Waals surface area contributed by atoms with E-state index in [0.29, 0.717) is 53.8 Å². The van der Waals surface area contributed by atoms with Crippen LogP contribution in [-0.4, -0.2) is 40.6 Å². The first-order chi connectivity index (χ1) is 21.7. The summed E-state index contributed by atoms with van der Waals surface area (Å²) in [5.41, 5.74) is 0. The molecule has 0 aromatic heterocycles. The Bertz CT molecular complexity index is 1140. The van der Waals surface area contributed by atoms with Gasteiger partial charge in [0.25, 0.3) is 0 Å². The van der Waals surface area contributed by atoms with Gasteiger partial charge in [0.1, 0.15) is 0 Å². The van der Waals surface area contributed by atoms with Crippen LogP contribution in [0.3, 0.4) is 0 Å². The first-order valence-electron chi connectivity index (χ1n) is 17.3. The minimum absolute atomic E-state index is 0.0520. The van der Waals surface area contributed by atoms with Crippen LogP contribution in [0.1, 0.15) is 68.2 Å². The molecule has 2 aliphatic heterocycles. The van der Waals surface area contributed by atoms with Crippen LogP contribution in [0.4, 0.5) is 0 Å². The molecule has 0 radical (unpaired) electrons. The number of aliphatic hydroxyl groups excluding tert-OH is 1. The van der Waals surface area contributed by atoms with E-state index >= 15 is 0 Å². The molecule has 0 bridgehead atoms. The second kappa shape index (κ2) is 17.2. The van der Waals surface area contributed by atoms with Gasteiger partial charge in [-0.1, -0.05) is 27.7 Å². The maximum absolute atomic E-state index is 9.15. The molecule has 5 rings (SSSR count). The maximum atomic E-state index is 9.15. The minimum atomic E-state index is -1.68. The molecule has 5 heteroatoms. The summed E-state index contributed by atoms with van der Waals surface area (Å²) in [4.78, 5) is -1.68. The van der Waals surface area contributed by atoms with Gasteiger partial charge in [-0.25, -0.2) is 0 Å². The predicted molar refractivity (Wildman–Crippen MR) is 190 cm³/mol.